The number of aromatic nitrogens is 3. The molecule has 1 aliphatic rings. The molecule has 1 unspecified atom stereocenters. The van der Waals surface area contributed by atoms with E-state index in [1.54, 1.807) is 22.6 Å². The highest BCUT2D eigenvalue weighted by Gasteiger charge is 2.36. The summed E-state index contributed by atoms with van der Waals surface area (Å²) >= 11 is 1.78. The van der Waals surface area contributed by atoms with Gasteiger partial charge in [-0.1, -0.05) is 5.21 Å². The number of aliphatic hydroxyl groups is 1. The Morgan fingerprint density at radius 1 is 1.77 bits per heavy atom. The van der Waals surface area contributed by atoms with Crippen LogP contribution in [0.15, 0.2) is 6.20 Å². The predicted molar refractivity (Wildman–Crippen MR) is 51.5 cm³/mol. The lowest BCUT2D eigenvalue weighted by molar-refractivity contribution is 0.0560. The molecule has 1 fully saturated rings. The third-order valence-corrected chi connectivity index (χ3v) is 3.57. The van der Waals surface area contributed by atoms with Crippen molar-refractivity contribution in [3.05, 3.63) is 11.9 Å². The average Bonchev–Trinajstić information content (AvgIpc) is 2.72. The Morgan fingerprint density at radius 2 is 2.62 bits per heavy atom. The molecule has 0 aromatic carbocycles. The molecule has 1 saturated heterocycles. The van der Waals surface area contributed by atoms with Crippen LogP contribution in [0.4, 0.5) is 0 Å². The fourth-order valence-electron chi connectivity index (χ4n) is 1.61. The largest absolute Gasteiger partial charge is 0.383 e. The topological polar surface area (TPSA) is 50.9 Å². The molecule has 1 aromatic heterocycles. The molecule has 4 nitrogen and oxygen atoms in total. The first kappa shape index (κ1) is 9.02. The molecule has 0 saturated carbocycles. The van der Waals surface area contributed by atoms with Crippen molar-refractivity contribution in [1.29, 1.82) is 0 Å². The van der Waals surface area contributed by atoms with Gasteiger partial charge in [-0.2, -0.15) is 11.8 Å². The number of rotatable bonds is 2. The second-order valence-electron chi connectivity index (χ2n) is 3.27. The molecule has 0 aliphatic carbocycles. The normalized spacial score (nSPS) is 28.2. The van der Waals surface area contributed by atoms with Gasteiger partial charge in [0.15, 0.2) is 0 Å². The summed E-state index contributed by atoms with van der Waals surface area (Å²) in [6.45, 7) is 2.77. The summed E-state index contributed by atoms with van der Waals surface area (Å²) in [5, 5.41) is 18.0. The van der Waals surface area contributed by atoms with E-state index in [2.05, 4.69) is 10.3 Å². The molecule has 1 aliphatic heterocycles. The molecule has 13 heavy (non-hydrogen) atoms. The van der Waals surface area contributed by atoms with Gasteiger partial charge in [-0.25, -0.2) is 4.68 Å². The summed E-state index contributed by atoms with van der Waals surface area (Å²) < 4.78 is 1.77. The Hall–Kier alpha value is -0.550. The number of hydrogen-bond acceptors (Lipinski definition) is 4. The fraction of sp³-hybridized carbons (Fsp3) is 0.750. The van der Waals surface area contributed by atoms with Crippen molar-refractivity contribution in [2.45, 2.75) is 25.5 Å². The lowest BCUT2D eigenvalue weighted by Gasteiger charge is -2.20. The minimum Gasteiger partial charge on any atom is -0.383 e. The fourth-order valence-corrected chi connectivity index (χ4v) is 2.86. The standard InChI is InChI=1S/C8H13N3OS/c1-2-11-7(5-9-10-11)8(12)3-4-13-6-8/h5,12H,2-4,6H2,1H3. The van der Waals surface area contributed by atoms with Crippen LogP contribution in [0.5, 0.6) is 0 Å². The van der Waals surface area contributed by atoms with Crippen LogP contribution < -0.4 is 0 Å². The SMILES string of the molecule is CCn1nncc1C1(O)CCSC1. The maximum atomic E-state index is 10.2. The molecule has 1 atom stereocenters. The number of aryl methyl sites for hydroxylation is 1. The van der Waals surface area contributed by atoms with E-state index in [1.807, 2.05) is 6.92 Å². The molecule has 1 N–H and O–H groups in total. The summed E-state index contributed by atoms with van der Waals surface area (Å²) in [5.74, 6) is 1.78. The number of thioether (sulfide) groups is 1. The van der Waals surface area contributed by atoms with E-state index in [4.69, 9.17) is 0 Å². The molecule has 0 spiro atoms. The summed E-state index contributed by atoms with van der Waals surface area (Å²) in [4.78, 5) is 0. The first-order chi connectivity index (χ1) is 6.26. The zero-order valence-corrected chi connectivity index (χ0v) is 8.42. The van der Waals surface area contributed by atoms with Crippen molar-refractivity contribution >= 4 is 11.8 Å². The van der Waals surface area contributed by atoms with Crippen molar-refractivity contribution < 1.29 is 5.11 Å². The van der Waals surface area contributed by atoms with Crippen LogP contribution in [0, 0.1) is 0 Å². The Balaban J connectivity index is 2.32. The molecule has 1 aromatic rings. The van der Waals surface area contributed by atoms with Crippen LogP contribution in [0.25, 0.3) is 0 Å². The van der Waals surface area contributed by atoms with Crippen molar-refractivity contribution in [3.63, 3.8) is 0 Å². The van der Waals surface area contributed by atoms with Crippen LogP contribution in [-0.2, 0) is 12.1 Å². The third-order valence-electron chi connectivity index (χ3n) is 2.39. The van der Waals surface area contributed by atoms with Crippen molar-refractivity contribution in [3.8, 4) is 0 Å². The van der Waals surface area contributed by atoms with Gasteiger partial charge in [-0.05, 0) is 19.1 Å². The average molecular weight is 199 g/mol. The van der Waals surface area contributed by atoms with Crippen molar-refractivity contribution in [1.82, 2.24) is 15.0 Å². The van der Waals surface area contributed by atoms with Gasteiger partial charge in [-0.15, -0.1) is 5.10 Å². The van der Waals surface area contributed by atoms with Crippen LogP contribution in [-0.4, -0.2) is 31.6 Å². The minimum atomic E-state index is -0.690. The molecular weight excluding hydrogens is 186 g/mol. The zero-order valence-electron chi connectivity index (χ0n) is 7.60. The number of nitrogens with zero attached hydrogens (tertiary/aromatic N) is 3. The molecule has 2 rings (SSSR count). The van der Waals surface area contributed by atoms with Crippen molar-refractivity contribution in [2.24, 2.45) is 0 Å². The molecular formula is C8H13N3OS. The molecule has 0 bridgehead atoms. The van der Waals surface area contributed by atoms with Crippen LogP contribution in [0.3, 0.4) is 0 Å². The van der Waals surface area contributed by atoms with Gasteiger partial charge >= 0.3 is 0 Å². The van der Waals surface area contributed by atoms with E-state index >= 15 is 0 Å². The van der Waals surface area contributed by atoms with E-state index in [0.29, 0.717) is 0 Å². The molecule has 72 valence electrons. The second kappa shape index (κ2) is 3.31. The third kappa shape index (κ3) is 1.46. The molecule has 2 heterocycles. The van der Waals surface area contributed by atoms with Gasteiger partial charge in [0.1, 0.15) is 5.60 Å². The lowest BCUT2D eigenvalue weighted by Crippen LogP contribution is -2.28. The van der Waals surface area contributed by atoms with Gasteiger partial charge in [0.25, 0.3) is 0 Å². The Kier molecular flexibility index (Phi) is 2.29. The molecule has 0 radical (unpaired) electrons. The van der Waals surface area contributed by atoms with Crippen LogP contribution >= 0.6 is 11.8 Å². The monoisotopic (exact) mass is 199 g/mol. The van der Waals surface area contributed by atoms with E-state index in [0.717, 1.165) is 30.2 Å². The Morgan fingerprint density at radius 3 is 3.23 bits per heavy atom. The quantitative estimate of drug-likeness (QED) is 0.758. The first-order valence-electron chi connectivity index (χ1n) is 4.45. The Labute approximate surface area is 81.3 Å². The predicted octanol–water partition coefficient (Wildman–Crippen LogP) is 0.623. The minimum absolute atomic E-state index is 0.690. The highest BCUT2D eigenvalue weighted by molar-refractivity contribution is 7.99. The Bertz CT molecular complexity index is 293. The summed E-state index contributed by atoms with van der Waals surface area (Å²) in [6, 6.07) is 0. The number of hydrogen-bond donors (Lipinski definition) is 1. The van der Waals surface area contributed by atoms with E-state index in [-0.39, 0.29) is 0 Å². The maximum Gasteiger partial charge on any atom is 0.118 e. The smallest absolute Gasteiger partial charge is 0.118 e. The van der Waals surface area contributed by atoms with E-state index < -0.39 is 5.60 Å². The van der Waals surface area contributed by atoms with E-state index in [1.165, 1.54) is 0 Å². The lowest BCUT2D eigenvalue weighted by atomic mass is 10.00. The molecule has 5 heteroatoms. The van der Waals surface area contributed by atoms with Gasteiger partial charge in [0, 0.05) is 12.3 Å². The summed E-state index contributed by atoms with van der Waals surface area (Å²) in [5.41, 5.74) is 0.171. The summed E-state index contributed by atoms with van der Waals surface area (Å²) in [7, 11) is 0. The van der Waals surface area contributed by atoms with Crippen molar-refractivity contribution in [2.75, 3.05) is 11.5 Å². The molecule has 0 amide bonds. The van der Waals surface area contributed by atoms with Gasteiger partial charge in [0.05, 0.1) is 11.9 Å². The zero-order chi connectivity index (χ0) is 9.31. The summed E-state index contributed by atoms with van der Waals surface area (Å²) in [6.07, 6.45) is 2.49. The highest BCUT2D eigenvalue weighted by atomic mass is 32.2. The first-order valence-corrected chi connectivity index (χ1v) is 5.61. The van der Waals surface area contributed by atoms with Gasteiger partial charge < -0.3 is 5.11 Å². The maximum absolute atomic E-state index is 10.2. The van der Waals surface area contributed by atoms with Gasteiger partial charge in [-0.3, -0.25) is 0 Å². The van der Waals surface area contributed by atoms with Crippen LogP contribution in [0.1, 0.15) is 19.0 Å². The van der Waals surface area contributed by atoms with Gasteiger partial charge in [0.2, 0.25) is 0 Å². The van der Waals surface area contributed by atoms with E-state index in [9.17, 15) is 5.11 Å². The second-order valence-corrected chi connectivity index (χ2v) is 4.37. The van der Waals surface area contributed by atoms with Crippen LogP contribution in [0.2, 0.25) is 0 Å². The highest BCUT2D eigenvalue weighted by Crippen LogP contribution is 2.35.